The van der Waals surface area contributed by atoms with Crippen LogP contribution in [0.4, 0.5) is 0 Å². The zero-order chi connectivity index (χ0) is 12.8. The quantitative estimate of drug-likeness (QED) is 0.628. The van der Waals surface area contributed by atoms with Crippen LogP contribution in [0.2, 0.25) is 0 Å². The second-order valence-corrected chi connectivity index (χ2v) is 4.46. The number of nitrogens with one attached hydrogen (secondary N) is 1. The molecule has 0 aliphatic heterocycles. The first-order chi connectivity index (χ1) is 8.81. The van der Waals surface area contributed by atoms with Gasteiger partial charge in [-0.2, -0.15) is 0 Å². The third-order valence-corrected chi connectivity index (χ3v) is 3.15. The smallest absolute Gasteiger partial charge is 0.0292 e. The van der Waals surface area contributed by atoms with Crippen molar-refractivity contribution in [3.63, 3.8) is 0 Å². The minimum Gasteiger partial charge on any atom is -0.309 e. The predicted molar refractivity (Wildman–Crippen MR) is 78.4 cm³/mol. The van der Waals surface area contributed by atoms with E-state index in [2.05, 4.69) is 66.5 Å². The van der Waals surface area contributed by atoms with Crippen LogP contribution in [0.25, 0.3) is 10.8 Å². The summed E-state index contributed by atoms with van der Waals surface area (Å²) in [5.74, 6) is 5.99. The van der Waals surface area contributed by atoms with Crippen molar-refractivity contribution in [2.75, 3.05) is 6.54 Å². The molecule has 1 heteroatoms. The minimum absolute atomic E-state index is 0.369. The van der Waals surface area contributed by atoms with Crippen LogP contribution in [0.1, 0.15) is 31.9 Å². The molecule has 0 unspecified atom stereocenters. The Labute approximate surface area is 109 Å². The Hall–Kier alpha value is -1.78. The minimum atomic E-state index is 0.369. The first kappa shape index (κ1) is 12.7. The zero-order valence-electron chi connectivity index (χ0n) is 11.0. The average molecular weight is 237 g/mol. The van der Waals surface area contributed by atoms with Crippen LogP contribution in [-0.2, 0) is 0 Å². The first-order valence-electron chi connectivity index (χ1n) is 6.43. The highest BCUT2D eigenvalue weighted by atomic mass is 14.9. The molecule has 0 bridgehead atoms. The van der Waals surface area contributed by atoms with E-state index in [9.17, 15) is 0 Å². The standard InChI is InChI=1S/C17H19N/c1-3-4-7-12-18-14(2)16-11-10-15-8-5-6-9-17(15)13-16/h5-6,8-11,13-14,18H,7,12H2,1-2H3/t14-/m0/s1. The molecule has 0 aromatic heterocycles. The van der Waals surface area contributed by atoms with E-state index in [1.165, 1.54) is 16.3 Å². The van der Waals surface area contributed by atoms with Gasteiger partial charge in [0.1, 0.15) is 0 Å². The fourth-order valence-corrected chi connectivity index (χ4v) is 2.07. The summed E-state index contributed by atoms with van der Waals surface area (Å²) >= 11 is 0. The highest BCUT2D eigenvalue weighted by Crippen LogP contribution is 2.20. The van der Waals surface area contributed by atoms with E-state index in [1.807, 2.05) is 6.92 Å². The van der Waals surface area contributed by atoms with E-state index in [-0.39, 0.29) is 0 Å². The van der Waals surface area contributed by atoms with Gasteiger partial charge in [0.05, 0.1) is 0 Å². The van der Waals surface area contributed by atoms with Gasteiger partial charge in [0.15, 0.2) is 0 Å². The summed E-state index contributed by atoms with van der Waals surface area (Å²) in [5, 5.41) is 6.10. The molecule has 0 aliphatic carbocycles. The van der Waals surface area contributed by atoms with Gasteiger partial charge in [-0.3, -0.25) is 0 Å². The number of benzene rings is 2. The molecule has 92 valence electrons. The van der Waals surface area contributed by atoms with E-state index < -0.39 is 0 Å². The summed E-state index contributed by atoms with van der Waals surface area (Å²) in [6.45, 7) is 5.02. The van der Waals surface area contributed by atoms with Crippen LogP contribution in [0.15, 0.2) is 42.5 Å². The maximum absolute atomic E-state index is 3.50. The normalized spacial score (nSPS) is 11.9. The summed E-state index contributed by atoms with van der Waals surface area (Å²) in [7, 11) is 0. The van der Waals surface area contributed by atoms with Crippen molar-refractivity contribution in [1.82, 2.24) is 5.32 Å². The molecule has 0 amide bonds. The fourth-order valence-electron chi connectivity index (χ4n) is 2.07. The van der Waals surface area contributed by atoms with Gasteiger partial charge in [-0.25, -0.2) is 0 Å². The van der Waals surface area contributed by atoms with Crippen molar-refractivity contribution in [1.29, 1.82) is 0 Å². The van der Waals surface area contributed by atoms with Crippen molar-refractivity contribution in [2.24, 2.45) is 0 Å². The van der Waals surface area contributed by atoms with Crippen LogP contribution >= 0.6 is 0 Å². The molecule has 0 fully saturated rings. The first-order valence-corrected chi connectivity index (χ1v) is 6.43. The molecule has 0 spiro atoms. The number of fused-ring (bicyclic) bond motifs is 1. The van der Waals surface area contributed by atoms with Gasteiger partial charge in [0.2, 0.25) is 0 Å². The highest BCUT2D eigenvalue weighted by Gasteiger charge is 2.04. The van der Waals surface area contributed by atoms with Gasteiger partial charge in [-0.1, -0.05) is 36.4 Å². The monoisotopic (exact) mass is 237 g/mol. The lowest BCUT2D eigenvalue weighted by atomic mass is 10.0. The molecule has 2 rings (SSSR count). The largest absolute Gasteiger partial charge is 0.309 e. The third kappa shape index (κ3) is 3.12. The maximum atomic E-state index is 3.50. The highest BCUT2D eigenvalue weighted by molar-refractivity contribution is 5.83. The lowest BCUT2D eigenvalue weighted by Gasteiger charge is -2.14. The van der Waals surface area contributed by atoms with Crippen molar-refractivity contribution < 1.29 is 0 Å². The molecule has 1 atom stereocenters. The van der Waals surface area contributed by atoms with E-state index in [0.29, 0.717) is 6.04 Å². The van der Waals surface area contributed by atoms with Crippen LogP contribution in [0.3, 0.4) is 0 Å². The summed E-state index contributed by atoms with van der Waals surface area (Å²) < 4.78 is 0. The average Bonchev–Trinajstić information content (AvgIpc) is 2.43. The second-order valence-electron chi connectivity index (χ2n) is 4.46. The summed E-state index contributed by atoms with van der Waals surface area (Å²) in [6.07, 6.45) is 0.911. The summed E-state index contributed by atoms with van der Waals surface area (Å²) in [6, 6.07) is 15.5. The molecule has 0 radical (unpaired) electrons. The van der Waals surface area contributed by atoms with Crippen molar-refractivity contribution in [2.45, 2.75) is 26.3 Å². The molecule has 2 aromatic carbocycles. The Balaban J connectivity index is 2.07. The molecule has 0 saturated heterocycles. The van der Waals surface area contributed by atoms with Crippen molar-refractivity contribution >= 4 is 10.8 Å². The molecule has 1 N–H and O–H groups in total. The molecule has 2 aromatic rings. The van der Waals surface area contributed by atoms with Crippen LogP contribution < -0.4 is 5.32 Å². The second kappa shape index (κ2) is 6.23. The van der Waals surface area contributed by atoms with Crippen LogP contribution in [0.5, 0.6) is 0 Å². The topological polar surface area (TPSA) is 12.0 Å². The lowest BCUT2D eigenvalue weighted by molar-refractivity contribution is 0.584. The van der Waals surface area contributed by atoms with E-state index in [1.54, 1.807) is 0 Å². The molecular weight excluding hydrogens is 218 g/mol. The Morgan fingerprint density at radius 2 is 1.89 bits per heavy atom. The van der Waals surface area contributed by atoms with Gasteiger partial charge in [0.25, 0.3) is 0 Å². The van der Waals surface area contributed by atoms with Crippen LogP contribution in [-0.4, -0.2) is 6.54 Å². The van der Waals surface area contributed by atoms with Gasteiger partial charge in [-0.15, -0.1) is 11.8 Å². The molecular formula is C17H19N. The van der Waals surface area contributed by atoms with Crippen molar-refractivity contribution in [3.8, 4) is 11.8 Å². The third-order valence-electron chi connectivity index (χ3n) is 3.15. The van der Waals surface area contributed by atoms with Gasteiger partial charge < -0.3 is 5.32 Å². The molecule has 1 nitrogen and oxygen atoms in total. The number of hydrogen-bond donors (Lipinski definition) is 1. The SMILES string of the molecule is CC#CCCN[C@@H](C)c1ccc2ccccc2c1. The van der Waals surface area contributed by atoms with Crippen molar-refractivity contribution in [3.05, 3.63) is 48.0 Å². The maximum Gasteiger partial charge on any atom is 0.0292 e. The summed E-state index contributed by atoms with van der Waals surface area (Å²) in [4.78, 5) is 0. The number of rotatable bonds is 4. The Bertz CT molecular complexity index is 575. The molecule has 0 saturated carbocycles. The van der Waals surface area contributed by atoms with E-state index in [0.717, 1.165) is 13.0 Å². The Morgan fingerprint density at radius 3 is 2.67 bits per heavy atom. The van der Waals surface area contributed by atoms with Gasteiger partial charge >= 0.3 is 0 Å². The number of hydrogen-bond acceptors (Lipinski definition) is 1. The Kier molecular flexibility index (Phi) is 4.39. The molecule has 0 aliphatic rings. The van der Waals surface area contributed by atoms with Crippen LogP contribution in [0, 0.1) is 11.8 Å². The fraction of sp³-hybridized carbons (Fsp3) is 0.294. The van der Waals surface area contributed by atoms with Gasteiger partial charge in [-0.05, 0) is 36.2 Å². The lowest BCUT2D eigenvalue weighted by Crippen LogP contribution is -2.19. The van der Waals surface area contributed by atoms with E-state index in [4.69, 9.17) is 0 Å². The predicted octanol–water partition coefficient (Wildman–Crippen LogP) is 3.90. The molecule has 18 heavy (non-hydrogen) atoms. The molecule has 0 heterocycles. The zero-order valence-corrected chi connectivity index (χ0v) is 11.0. The van der Waals surface area contributed by atoms with Gasteiger partial charge in [0, 0.05) is 19.0 Å². The Morgan fingerprint density at radius 1 is 1.11 bits per heavy atom. The van der Waals surface area contributed by atoms with E-state index >= 15 is 0 Å². The summed E-state index contributed by atoms with van der Waals surface area (Å²) in [5.41, 5.74) is 1.33.